The first-order chi connectivity index (χ1) is 8.54. The van der Waals surface area contributed by atoms with Crippen LogP contribution in [0.25, 0.3) is 0 Å². The van der Waals surface area contributed by atoms with Gasteiger partial charge in [0.1, 0.15) is 6.20 Å². The number of aromatic nitrogens is 2. The Labute approximate surface area is 110 Å². The van der Waals surface area contributed by atoms with Gasteiger partial charge in [0, 0.05) is 6.04 Å². The molecule has 0 radical (unpaired) electrons. The second kappa shape index (κ2) is 7.00. The van der Waals surface area contributed by atoms with E-state index in [2.05, 4.69) is 22.2 Å². The summed E-state index contributed by atoms with van der Waals surface area (Å²) in [6.45, 7) is 4.13. The Morgan fingerprint density at radius 1 is 1.67 bits per heavy atom. The lowest BCUT2D eigenvalue weighted by atomic mass is 10.3. The fourth-order valence-corrected chi connectivity index (χ4v) is 2.10. The zero-order chi connectivity index (χ0) is 13.5. The topological polar surface area (TPSA) is 107 Å². The van der Waals surface area contributed by atoms with Crippen molar-refractivity contribution in [3.63, 3.8) is 0 Å². The maximum Gasteiger partial charge on any atom is 0.329 e. The molecule has 0 unspecified atom stereocenters. The number of nitrogens with one attached hydrogen (secondary N) is 1. The van der Waals surface area contributed by atoms with Gasteiger partial charge >= 0.3 is 5.69 Å². The Hall–Kier alpha value is -1.57. The minimum Gasteiger partial charge on any atom is -0.378 e. The predicted molar refractivity (Wildman–Crippen MR) is 73.8 cm³/mol. The van der Waals surface area contributed by atoms with Crippen LogP contribution in [0.15, 0.2) is 6.20 Å². The molecule has 0 bridgehead atoms. The summed E-state index contributed by atoms with van der Waals surface area (Å²) >= 11 is 1.86. The first-order valence-corrected chi connectivity index (χ1v) is 6.81. The molecule has 0 aliphatic rings. The number of rotatable bonds is 7. The Morgan fingerprint density at radius 3 is 2.94 bits per heavy atom. The highest BCUT2D eigenvalue weighted by Gasteiger charge is 2.14. The summed E-state index contributed by atoms with van der Waals surface area (Å²) in [5, 5.41) is 13.6. The summed E-state index contributed by atoms with van der Waals surface area (Å²) in [6.07, 6.45) is 2.09. The molecule has 3 N–H and O–H groups in total. The van der Waals surface area contributed by atoms with Crippen LogP contribution >= 0.6 is 11.8 Å². The number of nitrogen functional groups attached to an aromatic ring is 1. The molecule has 1 rings (SSSR count). The number of nitro groups is 1. The molecule has 0 fully saturated rings. The van der Waals surface area contributed by atoms with Gasteiger partial charge in [0.15, 0.2) is 0 Å². The molecule has 0 amide bonds. The molecule has 0 aliphatic heterocycles. The molecule has 0 aliphatic carbocycles. The lowest BCUT2D eigenvalue weighted by Gasteiger charge is -2.13. The second-order valence-corrected chi connectivity index (χ2v) is 5.15. The summed E-state index contributed by atoms with van der Waals surface area (Å²) < 4.78 is 0. The normalized spacial score (nSPS) is 12.1. The van der Waals surface area contributed by atoms with E-state index in [0.717, 1.165) is 24.1 Å². The molecule has 7 nitrogen and oxygen atoms in total. The molecule has 18 heavy (non-hydrogen) atoms. The molecule has 1 aromatic heterocycles. The average Bonchev–Trinajstić information content (AvgIpc) is 2.28. The molecule has 0 saturated heterocycles. The fourth-order valence-electron chi connectivity index (χ4n) is 1.30. The third-order valence-electron chi connectivity index (χ3n) is 2.27. The van der Waals surface area contributed by atoms with Crippen LogP contribution in [-0.2, 0) is 0 Å². The van der Waals surface area contributed by atoms with Crippen molar-refractivity contribution in [2.75, 3.05) is 22.6 Å². The minimum atomic E-state index is -0.597. The van der Waals surface area contributed by atoms with Gasteiger partial charge in [-0.3, -0.25) is 10.1 Å². The van der Waals surface area contributed by atoms with Gasteiger partial charge in [0.05, 0.1) is 4.92 Å². The first kappa shape index (κ1) is 14.5. The van der Waals surface area contributed by atoms with E-state index in [1.54, 1.807) is 0 Å². The molecule has 0 aromatic carbocycles. The maximum absolute atomic E-state index is 10.6. The van der Waals surface area contributed by atoms with Crippen molar-refractivity contribution in [3.05, 3.63) is 16.3 Å². The van der Waals surface area contributed by atoms with Crippen molar-refractivity contribution in [3.8, 4) is 0 Å². The van der Waals surface area contributed by atoms with Gasteiger partial charge in [0.25, 0.3) is 0 Å². The monoisotopic (exact) mass is 271 g/mol. The molecule has 1 heterocycles. The Bertz CT molecular complexity index is 415. The number of thioether (sulfide) groups is 1. The number of nitrogens with zero attached hydrogens (tertiary/aromatic N) is 3. The molecule has 1 atom stereocenters. The van der Waals surface area contributed by atoms with Crippen molar-refractivity contribution in [1.29, 1.82) is 0 Å². The SMILES string of the molecule is CCSCC[C@H](C)Nc1ncc([N+](=O)[O-])c(N)n1. The lowest BCUT2D eigenvalue weighted by molar-refractivity contribution is -0.384. The summed E-state index contributed by atoms with van der Waals surface area (Å²) in [5.41, 5.74) is 5.21. The summed E-state index contributed by atoms with van der Waals surface area (Å²) in [6, 6.07) is 0.199. The van der Waals surface area contributed by atoms with Crippen LogP contribution in [0.2, 0.25) is 0 Å². The molecule has 0 saturated carbocycles. The van der Waals surface area contributed by atoms with Crippen LogP contribution in [-0.4, -0.2) is 32.4 Å². The van der Waals surface area contributed by atoms with Gasteiger partial charge < -0.3 is 11.1 Å². The molecule has 8 heteroatoms. The van der Waals surface area contributed by atoms with Crippen LogP contribution in [0, 0.1) is 10.1 Å². The second-order valence-electron chi connectivity index (χ2n) is 3.75. The molecule has 0 spiro atoms. The molecular formula is C10H17N5O2S. The smallest absolute Gasteiger partial charge is 0.329 e. The van der Waals surface area contributed by atoms with Crippen molar-refractivity contribution in [1.82, 2.24) is 9.97 Å². The van der Waals surface area contributed by atoms with Gasteiger partial charge in [-0.25, -0.2) is 4.98 Å². The zero-order valence-electron chi connectivity index (χ0n) is 10.4. The Balaban J connectivity index is 2.57. The third kappa shape index (κ3) is 4.36. The van der Waals surface area contributed by atoms with E-state index >= 15 is 0 Å². The summed E-state index contributed by atoms with van der Waals surface area (Å²) in [7, 11) is 0. The summed E-state index contributed by atoms with van der Waals surface area (Å²) in [5.74, 6) is 2.35. The fraction of sp³-hybridized carbons (Fsp3) is 0.600. The van der Waals surface area contributed by atoms with Crippen LogP contribution in [0.5, 0.6) is 0 Å². The van der Waals surface area contributed by atoms with E-state index in [1.165, 1.54) is 0 Å². The highest BCUT2D eigenvalue weighted by Crippen LogP contribution is 2.18. The van der Waals surface area contributed by atoms with Gasteiger partial charge in [-0.2, -0.15) is 16.7 Å². The number of anilines is 2. The van der Waals surface area contributed by atoms with Gasteiger partial charge in [0.2, 0.25) is 11.8 Å². The van der Waals surface area contributed by atoms with Crippen molar-refractivity contribution < 1.29 is 4.92 Å². The molecule has 100 valence electrons. The highest BCUT2D eigenvalue weighted by atomic mass is 32.2. The number of hydrogen-bond donors (Lipinski definition) is 2. The van der Waals surface area contributed by atoms with Gasteiger partial charge in [-0.05, 0) is 24.9 Å². The van der Waals surface area contributed by atoms with Gasteiger partial charge in [-0.15, -0.1) is 0 Å². The molecular weight excluding hydrogens is 254 g/mol. The van der Waals surface area contributed by atoms with Crippen molar-refractivity contribution in [2.45, 2.75) is 26.3 Å². The quantitative estimate of drug-likeness (QED) is 0.443. The van der Waals surface area contributed by atoms with Crippen LogP contribution in [0.4, 0.5) is 17.5 Å². The maximum atomic E-state index is 10.6. The Morgan fingerprint density at radius 2 is 2.39 bits per heavy atom. The zero-order valence-corrected chi connectivity index (χ0v) is 11.2. The van der Waals surface area contributed by atoms with E-state index in [4.69, 9.17) is 5.73 Å². The van der Waals surface area contributed by atoms with Crippen molar-refractivity contribution in [2.24, 2.45) is 0 Å². The summed E-state index contributed by atoms with van der Waals surface area (Å²) in [4.78, 5) is 17.7. The predicted octanol–water partition coefficient (Wildman–Crippen LogP) is 1.91. The van der Waals surface area contributed by atoms with E-state index < -0.39 is 4.92 Å². The van der Waals surface area contributed by atoms with Crippen LogP contribution < -0.4 is 11.1 Å². The highest BCUT2D eigenvalue weighted by molar-refractivity contribution is 7.99. The third-order valence-corrected chi connectivity index (χ3v) is 3.20. The standard InChI is InChI=1S/C10H17N5O2S/c1-3-18-5-4-7(2)13-10-12-6-8(15(16)17)9(11)14-10/h6-7H,3-5H2,1-2H3,(H3,11,12,13,14)/t7-/m0/s1. The first-order valence-electron chi connectivity index (χ1n) is 5.65. The lowest BCUT2D eigenvalue weighted by Crippen LogP contribution is -2.18. The number of nitrogens with two attached hydrogens (primary N) is 1. The Kier molecular flexibility index (Phi) is 5.63. The van der Waals surface area contributed by atoms with Crippen LogP contribution in [0.3, 0.4) is 0 Å². The van der Waals surface area contributed by atoms with E-state index in [9.17, 15) is 10.1 Å². The van der Waals surface area contributed by atoms with Crippen LogP contribution in [0.1, 0.15) is 20.3 Å². The number of hydrogen-bond acceptors (Lipinski definition) is 7. The van der Waals surface area contributed by atoms with E-state index in [-0.39, 0.29) is 17.5 Å². The van der Waals surface area contributed by atoms with E-state index in [0.29, 0.717) is 5.95 Å². The van der Waals surface area contributed by atoms with Gasteiger partial charge in [-0.1, -0.05) is 6.92 Å². The average molecular weight is 271 g/mol. The minimum absolute atomic E-state index is 0.118. The van der Waals surface area contributed by atoms with E-state index in [1.807, 2.05) is 18.7 Å². The molecule has 1 aromatic rings. The largest absolute Gasteiger partial charge is 0.378 e. The van der Waals surface area contributed by atoms with Crippen molar-refractivity contribution >= 4 is 29.2 Å².